The van der Waals surface area contributed by atoms with Crippen LogP contribution in [0.1, 0.15) is 57.1 Å². The molecule has 1 atom stereocenters. The van der Waals surface area contributed by atoms with E-state index in [2.05, 4.69) is 44.6 Å². The normalized spacial score (nSPS) is 11.8. The first kappa shape index (κ1) is 24.9. The smallest absolute Gasteiger partial charge is 0.303 e. The zero-order chi connectivity index (χ0) is 25.3. The Labute approximate surface area is 210 Å². The number of hydrogen-bond acceptors (Lipinski definition) is 5. The summed E-state index contributed by atoms with van der Waals surface area (Å²) < 4.78 is 0. The molecule has 0 aliphatic carbocycles. The number of carbonyl (C=O) groups is 2. The van der Waals surface area contributed by atoms with Crippen LogP contribution in [-0.4, -0.2) is 31.9 Å². The highest BCUT2D eigenvalue weighted by Gasteiger charge is 2.13. The number of aromatic amines is 1. The second-order valence-corrected chi connectivity index (χ2v) is 8.88. The van der Waals surface area contributed by atoms with Gasteiger partial charge in [-0.25, -0.2) is 9.97 Å². The first-order valence-corrected chi connectivity index (χ1v) is 12.3. The fraction of sp³-hybridized carbons (Fsp3) is 0.286. The summed E-state index contributed by atoms with van der Waals surface area (Å²) in [5, 5.41) is 16.0. The molecule has 0 bridgehead atoms. The fourth-order valence-electron chi connectivity index (χ4n) is 4.11. The molecule has 36 heavy (non-hydrogen) atoms. The van der Waals surface area contributed by atoms with Gasteiger partial charge in [-0.2, -0.15) is 0 Å². The van der Waals surface area contributed by atoms with Crippen LogP contribution in [0.2, 0.25) is 0 Å². The van der Waals surface area contributed by atoms with Gasteiger partial charge in [0.1, 0.15) is 17.8 Å². The van der Waals surface area contributed by atoms with Gasteiger partial charge in [-0.15, -0.1) is 0 Å². The maximum atomic E-state index is 12.2. The number of carboxylic acids is 1. The molecule has 1 amide bonds. The Morgan fingerprint density at radius 2 is 1.67 bits per heavy atom. The second-order valence-electron chi connectivity index (χ2n) is 8.88. The van der Waals surface area contributed by atoms with Crippen molar-refractivity contribution in [3.63, 3.8) is 0 Å². The number of aromatic nitrogens is 3. The number of nitrogens with one attached hydrogen (secondary N) is 3. The molecule has 2 aromatic carbocycles. The lowest BCUT2D eigenvalue weighted by Crippen LogP contribution is -2.10. The van der Waals surface area contributed by atoms with Crippen molar-refractivity contribution in [2.75, 3.05) is 10.6 Å². The Morgan fingerprint density at radius 1 is 0.944 bits per heavy atom. The van der Waals surface area contributed by atoms with Gasteiger partial charge in [-0.05, 0) is 49.1 Å². The Bertz CT molecular complexity index is 1300. The molecule has 0 fully saturated rings. The summed E-state index contributed by atoms with van der Waals surface area (Å²) >= 11 is 0. The molecule has 0 spiro atoms. The topological polar surface area (TPSA) is 120 Å². The first-order valence-electron chi connectivity index (χ1n) is 12.3. The molecule has 0 aliphatic heterocycles. The molecule has 0 aliphatic rings. The van der Waals surface area contributed by atoms with E-state index in [0.717, 1.165) is 53.1 Å². The van der Waals surface area contributed by atoms with E-state index in [4.69, 9.17) is 5.11 Å². The van der Waals surface area contributed by atoms with Crippen LogP contribution in [-0.2, 0) is 9.59 Å². The van der Waals surface area contributed by atoms with E-state index >= 15 is 0 Å². The van der Waals surface area contributed by atoms with Crippen molar-refractivity contribution in [1.82, 2.24) is 15.0 Å². The van der Waals surface area contributed by atoms with E-state index in [1.165, 1.54) is 5.56 Å². The molecule has 4 N–H and O–H groups in total. The molecular formula is C28H31N5O3. The average Bonchev–Trinajstić information content (AvgIpc) is 3.32. The number of carbonyl (C=O) groups excluding carboxylic acids is 1. The maximum absolute atomic E-state index is 12.2. The molecule has 0 saturated carbocycles. The first-order chi connectivity index (χ1) is 17.5. The number of unbranched alkanes of at least 4 members (excludes halogenated alkanes) is 3. The van der Waals surface area contributed by atoms with E-state index in [1.807, 2.05) is 48.5 Å². The fourth-order valence-corrected chi connectivity index (χ4v) is 4.11. The molecule has 4 rings (SSSR count). The number of anilines is 2. The summed E-state index contributed by atoms with van der Waals surface area (Å²) in [6.45, 7) is 2.10. The quantitative estimate of drug-likeness (QED) is 0.178. The highest BCUT2D eigenvalue weighted by Crippen LogP contribution is 2.29. The summed E-state index contributed by atoms with van der Waals surface area (Å²) in [5.74, 6) is -0.0397. The second kappa shape index (κ2) is 12.0. The van der Waals surface area contributed by atoms with Crippen molar-refractivity contribution in [1.29, 1.82) is 0 Å². The van der Waals surface area contributed by atoms with E-state index in [-0.39, 0.29) is 18.4 Å². The molecule has 0 saturated heterocycles. The van der Waals surface area contributed by atoms with Gasteiger partial charge in [0.15, 0.2) is 0 Å². The summed E-state index contributed by atoms with van der Waals surface area (Å²) in [6, 6.07) is 20.0. The number of rotatable bonds is 12. The number of nitrogens with zero attached hydrogens (tertiary/aromatic N) is 2. The number of H-pyrrole nitrogens is 1. The predicted octanol–water partition coefficient (Wildman–Crippen LogP) is 6.16. The number of benzene rings is 2. The predicted molar refractivity (Wildman–Crippen MR) is 142 cm³/mol. The minimum absolute atomic E-state index is 0.0369. The van der Waals surface area contributed by atoms with Crippen molar-refractivity contribution in [3.05, 3.63) is 72.6 Å². The molecule has 2 heterocycles. The highest BCUT2D eigenvalue weighted by molar-refractivity contribution is 5.93. The van der Waals surface area contributed by atoms with E-state index in [0.29, 0.717) is 12.8 Å². The van der Waals surface area contributed by atoms with Crippen LogP contribution in [0.5, 0.6) is 0 Å². The molecule has 4 aromatic rings. The standard InChI is InChI=1S/C28H31N5O3/c1-19(20-9-5-4-6-10-20)31-27-23-17-24(33-28(23)30-18-29-27)21-13-15-22(16-14-21)32-25(34)11-7-2-3-8-12-26(35)36/h4-6,9-10,13-19H,2-3,7-8,11-12H2,1H3,(H,32,34)(H,35,36)(H2,29,30,31,33). The molecule has 8 nitrogen and oxygen atoms in total. The number of hydrogen-bond donors (Lipinski definition) is 4. The Balaban J connectivity index is 1.35. The molecule has 8 heteroatoms. The Hall–Kier alpha value is -4.20. The summed E-state index contributed by atoms with van der Waals surface area (Å²) in [4.78, 5) is 35.0. The number of aliphatic carboxylic acids is 1. The monoisotopic (exact) mass is 485 g/mol. The summed E-state index contributed by atoms with van der Waals surface area (Å²) in [6.07, 6.45) is 5.24. The third-order valence-electron chi connectivity index (χ3n) is 6.10. The highest BCUT2D eigenvalue weighted by atomic mass is 16.4. The number of fused-ring (bicyclic) bond motifs is 1. The van der Waals surface area contributed by atoms with Crippen molar-refractivity contribution < 1.29 is 14.7 Å². The lowest BCUT2D eigenvalue weighted by atomic mass is 10.1. The van der Waals surface area contributed by atoms with Gasteiger partial charge in [-0.3, -0.25) is 9.59 Å². The van der Waals surface area contributed by atoms with Gasteiger partial charge in [0.2, 0.25) is 5.91 Å². The van der Waals surface area contributed by atoms with Gasteiger partial charge in [0, 0.05) is 30.3 Å². The van der Waals surface area contributed by atoms with Gasteiger partial charge >= 0.3 is 5.97 Å². The lowest BCUT2D eigenvalue weighted by Gasteiger charge is -2.15. The van der Waals surface area contributed by atoms with Gasteiger partial charge in [0.25, 0.3) is 0 Å². The third kappa shape index (κ3) is 6.69. The zero-order valence-electron chi connectivity index (χ0n) is 20.3. The number of amides is 1. The van der Waals surface area contributed by atoms with Gasteiger partial charge < -0.3 is 20.7 Å². The van der Waals surface area contributed by atoms with Crippen molar-refractivity contribution in [2.24, 2.45) is 0 Å². The minimum atomic E-state index is -0.772. The lowest BCUT2D eigenvalue weighted by molar-refractivity contribution is -0.137. The van der Waals surface area contributed by atoms with E-state index in [9.17, 15) is 9.59 Å². The van der Waals surface area contributed by atoms with E-state index < -0.39 is 5.97 Å². The van der Waals surface area contributed by atoms with Crippen molar-refractivity contribution >= 4 is 34.4 Å². The van der Waals surface area contributed by atoms with Crippen LogP contribution in [0, 0.1) is 0 Å². The summed E-state index contributed by atoms with van der Waals surface area (Å²) in [7, 11) is 0. The van der Waals surface area contributed by atoms with Crippen LogP contribution in [0.3, 0.4) is 0 Å². The van der Waals surface area contributed by atoms with Gasteiger partial charge in [-0.1, -0.05) is 55.3 Å². The molecular weight excluding hydrogens is 454 g/mol. The van der Waals surface area contributed by atoms with Crippen LogP contribution in [0.4, 0.5) is 11.5 Å². The van der Waals surface area contributed by atoms with Crippen LogP contribution < -0.4 is 10.6 Å². The molecule has 0 radical (unpaired) electrons. The van der Waals surface area contributed by atoms with Crippen molar-refractivity contribution in [2.45, 2.75) is 51.5 Å². The number of carboxylic acid groups (broad SMARTS) is 1. The molecule has 2 aromatic heterocycles. The Morgan fingerprint density at radius 3 is 2.39 bits per heavy atom. The molecule has 1 unspecified atom stereocenters. The van der Waals surface area contributed by atoms with Gasteiger partial charge in [0.05, 0.1) is 5.39 Å². The zero-order valence-corrected chi connectivity index (χ0v) is 20.3. The van der Waals surface area contributed by atoms with Crippen LogP contribution >= 0.6 is 0 Å². The largest absolute Gasteiger partial charge is 0.481 e. The van der Waals surface area contributed by atoms with Crippen LogP contribution in [0.25, 0.3) is 22.3 Å². The Kier molecular flexibility index (Phi) is 8.28. The average molecular weight is 486 g/mol. The SMILES string of the molecule is CC(Nc1ncnc2[nH]c(-c3ccc(NC(=O)CCCCCCC(=O)O)cc3)cc12)c1ccccc1. The maximum Gasteiger partial charge on any atom is 0.303 e. The van der Waals surface area contributed by atoms with Crippen molar-refractivity contribution in [3.8, 4) is 11.3 Å². The van der Waals surface area contributed by atoms with Crippen LogP contribution in [0.15, 0.2) is 67.0 Å². The van der Waals surface area contributed by atoms with E-state index in [1.54, 1.807) is 6.33 Å². The third-order valence-corrected chi connectivity index (χ3v) is 6.10. The molecule has 186 valence electrons. The summed E-state index contributed by atoms with van der Waals surface area (Å²) in [5.41, 5.74) is 4.57. The minimum Gasteiger partial charge on any atom is -0.481 e.